The van der Waals surface area contributed by atoms with Crippen LogP contribution in [0.25, 0.3) is 0 Å². The summed E-state index contributed by atoms with van der Waals surface area (Å²) in [5.41, 5.74) is 0.581. The summed E-state index contributed by atoms with van der Waals surface area (Å²) in [4.78, 5) is 11.9. The molecule has 0 aliphatic heterocycles. The molecular weight excluding hydrogens is 281 g/mol. The average molecular weight is 301 g/mol. The van der Waals surface area contributed by atoms with Gasteiger partial charge >= 0.3 is 0 Å². The van der Waals surface area contributed by atoms with E-state index in [9.17, 15) is 9.18 Å². The molecule has 0 fully saturated rings. The quantitative estimate of drug-likeness (QED) is 0.803. The highest BCUT2D eigenvalue weighted by molar-refractivity contribution is 7.99. The number of halogens is 1. The fourth-order valence-corrected chi connectivity index (χ4v) is 2.47. The summed E-state index contributed by atoms with van der Waals surface area (Å²) < 4.78 is 18.3. The smallest absolute Gasteiger partial charge is 0.224 e. The summed E-state index contributed by atoms with van der Waals surface area (Å²) >= 11 is 1.49. The number of methoxy groups -OCH3 is 1. The third-order valence-electron chi connectivity index (χ3n) is 3.01. The Labute approximate surface area is 122 Å². The van der Waals surface area contributed by atoms with E-state index in [1.807, 2.05) is 13.2 Å². The van der Waals surface area contributed by atoms with Gasteiger partial charge in [0.1, 0.15) is 0 Å². The number of aliphatic hydroxyl groups is 1. The topological polar surface area (TPSA) is 58.6 Å². The number of amides is 1. The lowest BCUT2D eigenvalue weighted by Gasteiger charge is -2.21. The van der Waals surface area contributed by atoms with Gasteiger partial charge in [0.25, 0.3) is 0 Å². The highest BCUT2D eigenvalue weighted by atomic mass is 32.2. The molecule has 0 aromatic heterocycles. The van der Waals surface area contributed by atoms with Crippen molar-refractivity contribution in [3.63, 3.8) is 0 Å². The van der Waals surface area contributed by atoms with Gasteiger partial charge in [0, 0.05) is 11.3 Å². The average Bonchev–Trinajstić information content (AvgIpc) is 2.40. The molecule has 2 N–H and O–H groups in total. The Balaban J connectivity index is 2.60. The number of benzene rings is 1. The van der Waals surface area contributed by atoms with Crippen LogP contribution >= 0.6 is 11.8 Å². The Kier molecular flexibility index (Phi) is 6.81. The molecule has 0 spiro atoms. The fourth-order valence-electron chi connectivity index (χ4n) is 1.84. The summed E-state index contributed by atoms with van der Waals surface area (Å²) in [5.74, 6) is -0.525. The van der Waals surface area contributed by atoms with E-state index in [0.717, 1.165) is 0 Å². The Hall–Kier alpha value is -1.27. The van der Waals surface area contributed by atoms with E-state index >= 15 is 0 Å². The standard InChI is InChI=1S/C14H20FNO3S/c1-9(13(8-17)20-3)16-14(18)7-10-4-5-12(19-2)11(15)6-10/h4-6,9,13,17H,7-8H2,1-3H3,(H,16,18). The highest BCUT2D eigenvalue weighted by Gasteiger charge is 2.17. The lowest BCUT2D eigenvalue weighted by atomic mass is 10.1. The number of rotatable bonds is 7. The van der Waals surface area contributed by atoms with Crippen molar-refractivity contribution in [2.75, 3.05) is 20.0 Å². The van der Waals surface area contributed by atoms with Crippen molar-refractivity contribution in [3.8, 4) is 5.75 Å². The normalized spacial score (nSPS) is 13.7. The zero-order chi connectivity index (χ0) is 15.1. The number of ether oxygens (including phenoxy) is 1. The highest BCUT2D eigenvalue weighted by Crippen LogP contribution is 2.18. The minimum Gasteiger partial charge on any atom is -0.494 e. The van der Waals surface area contributed by atoms with E-state index < -0.39 is 5.82 Å². The summed E-state index contributed by atoms with van der Waals surface area (Å²) in [6.07, 6.45) is 1.97. The Morgan fingerprint density at radius 3 is 2.75 bits per heavy atom. The molecule has 0 aliphatic carbocycles. The largest absolute Gasteiger partial charge is 0.494 e. The number of carbonyl (C=O) groups is 1. The molecule has 2 unspecified atom stereocenters. The maximum atomic E-state index is 13.5. The van der Waals surface area contributed by atoms with E-state index in [2.05, 4.69) is 5.32 Å². The summed E-state index contributed by atoms with van der Waals surface area (Å²) in [6.45, 7) is 1.84. The monoisotopic (exact) mass is 301 g/mol. The maximum absolute atomic E-state index is 13.5. The van der Waals surface area contributed by atoms with Crippen LogP contribution in [0.4, 0.5) is 4.39 Å². The molecule has 2 atom stereocenters. The first-order valence-electron chi connectivity index (χ1n) is 6.27. The van der Waals surface area contributed by atoms with Crippen LogP contribution in [-0.4, -0.2) is 42.3 Å². The van der Waals surface area contributed by atoms with E-state index in [4.69, 9.17) is 9.84 Å². The van der Waals surface area contributed by atoms with Crippen LogP contribution < -0.4 is 10.1 Å². The number of hydrogen-bond donors (Lipinski definition) is 2. The first-order chi connectivity index (χ1) is 9.51. The van der Waals surface area contributed by atoms with Crippen LogP contribution in [0.1, 0.15) is 12.5 Å². The molecule has 0 saturated carbocycles. The van der Waals surface area contributed by atoms with Crippen molar-refractivity contribution >= 4 is 17.7 Å². The summed E-state index contributed by atoms with van der Waals surface area (Å²) in [5, 5.41) is 11.9. The second kappa shape index (κ2) is 8.11. The van der Waals surface area contributed by atoms with Crippen molar-refractivity contribution in [3.05, 3.63) is 29.6 Å². The van der Waals surface area contributed by atoms with Crippen molar-refractivity contribution < 1.29 is 19.0 Å². The van der Waals surface area contributed by atoms with Crippen molar-refractivity contribution in [1.82, 2.24) is 5.32 Å². The second-order valence-electron chi connectivity index (χ2n) is 4.46. The zero-order valence-corrected chi connectivity index (χ0v) is 12.7. The molecule has 0 heterocycles. The van der Waals surface area contributed by atoms with Gasteiger partial charge in [-0.2, -0.15) is 11.8 Å². The third-order valence-corrected chi connectivity index (χ3v) is 4.17. The number of aliphatic hydroxyl groups excluding tert-OH is 1. The maximum Gasteiger partial charge on any atom is 0.224 e. The van der Waals surface area contributed by atoms with Crippen molar-refractivity contribution in [1.29, 1.82) is 0 Å². The van der Waals surface area contributed by atoms with Crippen LogP contribution in [0.3, 0.4) is 0 Å². The van der Waals surface area contributed by atoms with Crippen LogP contribution in [0.5, 0.6) is 5.75 Å². The van der Waals surface area contributed by atoms with Gasteiger partial charge < -0.3 is 15.2 Å². The van der Waals surface area contributed by atoms with Gasteiger partial charge in [-0.25, -0.2) is 4.39 Å². The van der Waals surface area contributed by atoms with E-state index in [1.54, 1.807) is 6.07 Å². The fraction of sp³-hybridized carbons (Fsp3) is 0.500. The molecule has 6 heteroatoms. The van der Waals surface area contributed by atoms with E-state index in [1.165, 1.54) is 31.0 Å². The van der Waals surface area contributed by atoms with E-state index in [0.29, 0.717) is 5.56 Å². The third kappa shape index (κ3) is 4.68. The molecule has 1 aromatic carbocycles. The minimum absolute atomic E-state index is 0.000221. The lowest BCUT2D eigenvalue weighted by Crippen LogP contribution is -2.41. The van der Waals surface area contributed by atoms with E-state index in [-0.39, 0.29) is 36.0 Å². The molecule has 1 amide bonds. The predicted molar refractivity (Wildman–Crippen MR) is 78.6 cm³/mol. The first kappa shape index (κ1) is 16.8. The van der Waals surface area contributed by atoms with Crippen LogP contribution in [-0.2, 0) is 11.2 Å². The molecule has 1 aromatic rings. The van der Waals surface area contributed by atoms with Gasteiger partial charge in [0.15, 0.2) is 11.6 Å². The number of hydrogen-bond acceptors (Lipinski definition) is 4. The van der Waals surface area contributed by atoms with Crippen LogP contribution in [0, 0.1) is 5.82 Å². The predicted octanol–water partition coefficient (Wildman–Crippen LogP) is 1.61. The molecule has 1 rings (SSSR count). The number of nitrogens with one attached hydrogen (secondary N) is 1. The Morgan fingerprint density at radius 1 is 1.55 bits per heavy atom. The van der Waals surface area contributed by atoms with Gasteiger partial charge in [-0.1, -0.05) is 6.07 Å². The van der Waals surface area contributed by atoms with Crippen LogP contribution in [0.2, 0.25) is 0 Å². The lowest BCUT2D eigenvalue weighted by molar-refractivity contribution is -0.121. The SMILES string of the molecule is COc1ccc(CC(=O)NC(C)C(CO)SC)cc1F. The number of carbonyl (C=O) groups excluding carboxylic acids is 1. The van der Waals surface area contributed by atoms with Crippen molar-refractivity contribution in [2.45, 2.75) is 24.6 Å². The van der Waals surface area contributed by atoms with Crippen LogP contribution in [0.15, 0.2) is 18.2 Å². The number of thioether (sulfide) groups is 1. The van der Waals surface area contributed by atoms with Gasteiger partial charge in [-0.3, -0.25) is 4.79 Å². The summed E-state index contributed by atoms with van der Waals surface area (Å²) in [6, 6.07) is 4.30. The van der Waals surface area contributed by atoms with Gasteiger partial charge in [0.05, 0.1) is 20.1 Å². The first-order valence-corrected chi connectivity index (χ1v) is 7.56. The van der Waals surface area contributed by atoms with Crippen molar-refractivity contribution in [2.24, 2.45) is 0 Å². The Bertz CT molecular complexity index is 452. The molecule has 20 heavy (non-hydrogen) atoms. The second-order valence-corrected chi connectivity index (χ2v) is 5.54. The minimum atomic E-state index is -0.483. The molecule has 0 bridgehead atoms. The van der Waals surface area contributed by atoms with Gasteiger partial charge in [-0.05, 0) is 30.9 Å². The summed E-state index contributed by atoms with van der Waals surface area (Å²) in [7, 11) is 1.39. The molecule has 4 nitrogen and oxygen atoms in total. The Morgan fingerprint density at radius 2 is 2.25 bits per heavy atom. The molecular formula is C14H20FNO3S. The molecule has 112 valence electrons. The van der Waals surface area contributed by atoms with Gasteiger partial charge in [0.2, 0.25) is 5.91 Å². The van der Waals surface area contributed by atoms with Gasteiger partial charge in [-0.15, -0.1) is 0 Å². The molecule has 0 radical (unpaired) electrons. The molecule has 0 aliphatic rings. The zero-order valence-electron chi connectivity index (χ0n) is 11.9. The molecule has 0 saturated heterocycles.